The van der Waals surface area contributed by atoms with E-state index < -0.39 is 0 Å². The van der Waals surface area contributed by atoms with E-state index in [4.69, 9.17) is 4.74 Å². The molecule has 106 valence electrons. The fraction of sp³-hybridized carbons (Fsp3) is 0.471. The maximum Gasteiger partial charge on any atom is 0.336 e. The second kappa shape index (κ2) is 4.37. The summed E-state index contributed by atoms with van der Waals surface area (Å²) in [6.07, 6.45) is 3.78. The Kier molecular flexibility index (Phi) is 2.89. The van der Waals surface area contributed by atoms with Gasteiger partial charge in [0.05, 0.1) is 5.57 Å². The second-order valence-electron chi connectivity index (χ2n) is 6.54. The highest BCUT2D eigenvalue weighted by Gasteiger charge is 2.60. The highest BCUT2D eigenvalue weighted by molar-refractivity contribution is 5.91. The minimum Gasteiger partial charge on any atom is -0.455 e. The van der Waals surface area contributed by atoms with Crippen molar-refractivity contribution in [1.82, 2.24) is 0 Å². The van der Waals surface area contributed by atoms with Crippen molar-refractivity contribution in [2.45, 2.75) is 39.2 Å². The maximum atomic E-state index is 12.2. The monoisotopic (exact) mass is 271 g/mol. The summed E-state index contributed by atoms with van der Waals surface area (Å²) in [7, 11) is 0. The number of nitrogens with one attached hydrogen (secondary N) is 1. The van der Waals surface area contributed by atoms with E-state index in [0.717, 1.165) is 24.1 Å². The van der Waals surface area contributed by atoms with Crippen molar-refractivity contribution in [2.75, 3.05) is 5.32 Å². The van der Waals surface area contributed by atoms with E-state index in [0.29, 0.717) is 0 Å². The lowest BCUT2D eigenvalue weighted by atomic mass is 9.69. The van der Waals surface area contributed by atoms with Gasteiger partial charge in [0.15, 0.2) is 0 Å². The van der Waals surface area contributed by atoms with Crippen LogP contribution < -0.4 is 5.32 Å². The number of hydrogen-bond acceptors (Lipinski definition) is 3. The van der Waals surface area contributed by atoms with Gasteiger partial charge in [-0.2, -0.15) is 0 Å². The molecular formula is C17H21NO2. The molecule has 3 heteroatoms. The third kappa shape index (κ3) is 1.84. The molecule has 0 spiro atoms. The summed E-state index contributed by atoms with van der Waals surface area (Å²) < 4.78 is 5.73. The molecule has 0 amide bonds. The Hall–Kier alpha value is -1.77. The molecule has 1 aromatic rings. The number of benzene rings is 1. The lowest BCUT2D eigenvalue weighted by molar-refractivity contribution is -0.172. The molecule has 3 rings (SSSR count). The van der Waals surface area contributed by atoms with Crippen LogP contribution >= 0.6 is 0 Å². The molecule has 2 atom stereocenters. The average molecular weight is 271 g/mol. The summed E-state index contributed by atoms with van der Waals surface area (Å²) in [6.45, 7) is 6.47. The van der Waals surface area contributed by atoms with Gasteiger partial charge in [0.1, 0.15) is 5.60 Å². The van der Waals surface area contributed by atoms with Gasteiger partial charge >= 0.3 is 5.97 Å². The molecule has 1 aliphatic carbocycles. The number of carbonyl (C=O) groups excluding carboxylic acids is 1. The smallest absolute Gasteiger partial charge is 0.336 e. The normalized spacial score (nSPS) is 33.0. The molecule has 1 saturated heterocycles. The van der Waals surface area contributed by atoms with Gasteiger partial charge in [-0.15, -0.1) is 0 Å². The molecule has 1 aliphatic heterocycles. The van der Waals surface area contributed by atoms with Crippen LogP contribution in [0.3, 0.4) is 0 Å². The molecule has 0 unspecified atom stereocenters. The van der Waals surface area contributed by atoms with E-state index in [1.807, 2.05) is 36.5 Å². The summed E-state index contributed by atoms with van der Waals surface area (Å²) in [5.74, 6) is 0.0997. The molecule has 2 fully saturated rings. The minimum absolute atomic E-state index is 0.00882. The van der Waals surface area contributed by atoms with Crippen LogP contribution in [-0.2, 0) is 9.53 Å². The van der Waals surface area contributed by atoms with Crippen LogP contribution in [0.25, 0.3) is 0 Å². The molecule has 20 heavy (non-hydrogen) atoms. The van der Waals surface area contributed by atoms with Crippen LogP contribution in [0.2, 0.25) is 0 Å². The van der Waals surface area contributed by atoms with E-state index in [1.54, 1.807) is 0 Å². The van der Waals surface area contributed by atoms with Crippen LogP contribution in [0.5, 0.6) is 0 Å². The van der Waals surface area contributed by atoms with Gasteiger partial charge in [-0.1, -0.05) is 32.0 Å². The van der Waals surface area contributed by atoms with Gasteiger partial charge in [0, 0.05) is 23.2 Å². The van der Waals surface area contributed by atoms with Crippen molar-refractivity contribution in [1.29, 1.82) is 0 Å². The lowest BCUT2D eigenvalue weighted by Gasteiger charge is -2.45. The van der Waals surface area contributed by atoms with Gasteiger partial charge in [0.25, 0.3) is 0 Å². The summed E-state index contributed by atoms with van der Waals surface area (Å²) >= 11 is 0. The predicted octanol–water partition coefficient (Wildman–Crippen LogP) is 3.73. The number of carbonyl (C=O) groups is 1. The third-order valence-corrected chi connectivity index (χ3v) is 5.24. The van der Waals surface area contributed by atoms with E-state index in [2.05, 4.69) is 26.1 Å². The zero-order valence-corrected chi connectivity index (χ0v) is 12.3. The average Bonchev–Trinajstić information content (AvgIpc) is 2.56. The van der Waals surface area contributed by atoms with Crippen LogP contribution in [0, 0.1) is 11.3 Å². The number of rotatable bonds is 2. The standard InChI is InChI=1S/C17H21NO2/c1-16(2)14-9-10-17(16,3)20-15(19)13(14)11-18-12-7-5-4-6-8-12/h4-8,11,14,18H,9-10H2,1-3H3/b13-11+/t14-,17-/m1/s1. The van der Waals surface area contributed by atoms with Gasteiger partial charge in [0.2, 0.25) is 0 Å². The topological polar surface area (TPSA) is 38.3 Å². The summed E-state index contributed by atoms with van der Waals surface area (Å²) in [4.78, 5) is 12.2. The van der Waals surface area contributed by atoms with Crippen molar-refractivity contribution < 1.29 is 9.53 Å². The quantitative estimate of drug-likeness (QED) is 0.658. The largest absolute Gasteiger partial charge is 0.455 e. The Morgan fingerprint density at radius 3 is 2.65 bits per heavy atom. The lowest BCUT2D eigenvalue weighted by Crippen LogP contribution is -2.49. The fourth-order valence-corrected chi connectivity index (χ4v) is 3.46. The van der Waals surface area contributed by atoms with Gasteiger partial charge < -0.3 is 10.1 Å². The summed E-state index contributed by atoms with van der Waals surface area (Å²) in [6, 6.07) is 9.87. The van der Waals surface area contributed by atoms with Gasteiger partial charge in [-0.3, -0.25) is 0 Å². The zero-order valence-electron chi connectivity index (χ0n) is 12.3. The first-order chi connectivity index (χ1) is 9.44. The number of anilines is 1. The molecule has 3 nitrogen and oxygen atoms in total. The first-order valence-corrected chi connectivity index (χ1v) is 7.19. The molecule has 2 bridgehead atoms. The van der Waals surface area contributed by atoms with Crippen molar-refractivity contribution in [3.8, 4) is 0 Å². The molecule has 1 aromatic carbocycles. The summed E-state index contributed by atoms with van der Waals surface area (Å²) in [5.41, 5.74) is 1.43. The van der Waals surface area contributed by atoms with Crippen molar-refractivity contribution in [3.05, 3.63) is 42.1 Å². The SMILES string of the molecule is CC1(C)[C@@H]2CC[C@@]1(C)OC(=O)/C2=C/Nc1ccccc1. The van der Waals surface area contributed by atoms with E-state index in [-0.39, 0.29) is 22.9 Å². The molecule has 2 aliphatic rings. The van der Waals surface area contributed by atoms with E-state index in [1.165, 1.54) is 0 Å². The Labute approximate surface area is 120 Å². The Balaban J connectivity index is 1.88. The van der Waals surface area contributed by atoms with Gasteiger partial charge in [-0.25, -0.2) is 4.79 Å². The first-order valence-electron chi connectivity index (χ1n) is 7.19. The number of hydrogen-bond donors (Lipinski definition) is 1. The van der Waals surface area contributed by atoms with E-state index in [9.17, 15) is 4.79 Å². The molecule has 1 N–H and O–H groups in total. The van der Waals surface area contributed by atoms with Crippen LogP contribution in [0.1, 0.15) is 33.6 Å². The van der Waals surface area contributed by atoms with E-state index >= 15 is 0 Å². The Bertz CT molecular complexity index is 562. The van der Waals surface area contributed by atoms with Crippen LogP contribution in [0.15, 0.2) is 42.1 Å². The number of para-hydroxylation sites is 1. The van der Waals surface area contributed by atoms with Crippen LogP contribution in [-0.4, -0.2) is 11.6 Å². The van der Waals surface area contributed by atoms with Crippen LogP contribution in [0.4, 0.5) is 5.69 Å². The van der Waals surface area contributed by atoms with Crippen molar-refractivity contribution >= 4 is 11.7 Å². The first kappa shape index (κ1) is 13.2. The highest BCUT2D eigenvalue weighted by Crippen LogP contribution is 2.58. The van der Waals surface area contributed by atoms with Crippen molar-refractivity contribution in [3.63, 3.8) is 0 Å². The van der Waals surface area contributed by atoms with Gasteiger partial charge in [-0.05, 0) is 31.9 Å². The molecule has 0 aromatic heterocycles. The Morgan fingerprint density at radius 2 is 1.95 bits per heavy atom. The third-order valence-electron chi connectivity index (χ3n) is 5.24. The highest BCUT2D eigenvalue weighted by atomic mass is 16.6. The summed E-state index contributed by atoms with van der Waals surface area (Å²) in [5, 5.41) is 3.22. The van der Waals surface area contributed by atoms with Crippen molar-refractivity contribution in [2.24, 2.45) is 11.3 Å². The molecule has 1 heterocycles. The molecule has 1 saturated carbocycles. The number of esters is 1. The fourth-order valence-electron chi connectivity index (χ4n) is 3.46. The second-order valence-corrected chi connectivity index (χ2v) is 6.54. The number of ether oxygens (including phenoxy) is 1. The Morgan fingerprint density at radius 1 is 1.25 bits per heavy atom. The predicted molar refractivity (Wildman–Crippen MR) is 79.1 cm³/mol. The molecule has 0 radical (unpaired) electrons. The number of fused-ring (bicyclic) bond motifs is 2. The minimum atomic E-state index is -0.321. The maximum absolute atomic E-state index is 12.2. The molecular weight excluding hydrogens is 250 g/mol. The zero-order chi connectivity index (χ0) is 14.4.